The molecule has 8 nitrogen and oxygen atoms in total. The predicted molar refractivity (Wildman–Crippen MR) is 70.4 cm³/mol. The van der Waals surface area contributed by atoms with Crippen molar-refractivity contribution in [1.29, 1.82) is 0 Å². The number of carbonyl (C=O) groups is 2. The van der Waals surface area contributed by atoms with Crippen LogP contribution in [0.2, 0.25) is 0 Å². The summed E-state index contributed by atoms with van der Waals surface area (Å²) in [5.74, 6) is -1.91. The maximum atomic E-state index is 12.0. The third kappa shape index (κ3) is 3.56. The number of hydrogen-bond donors (Lipinski definition) is 2. The van der Waals surface area contributed by atoms with Gasteiger partial charge in [0.2, 0.25) is 0 Å². The molecule has 0 fully saturated rings. The van der Waals surface area contributed by atoms with Gasteiger partial charge in [0.05, 0.1) is 7.05 Å². The Balaban J connectivity index is 2.89. The number of carbonyl (C=O) groups excluding carboxylic acids is 1. The van der Waals surface area contributed by atoms with Gasteiger partial charge in [-0.2, -0.15) is 0 Å². The fourth-order valence-electron chi connectivity index (χ4n) is 1.84. The van der Waals surface area contributed by atoms with Crippen LogP contribution in [0, 0.1) is 16.0 Å². The molecule has 110 valence electrons. The largest absolute Gasteiger partial charge is 0.480 e. The lowest BCUT2D eigenvalue weighted by atomic mass is 10.0. The van der Waals surface area contributed by atoms with E-state index in [2.05, 4.69) is 5.32 Å². The normalized spacial score (nSPS) is 12.2. The van der Waals surface area contributed by atoms with Gasteiger partial charge < -0.3 is 20.5 Å². The molecule has 1 heterocycles. The summed E-state index contributed by atoms with van der Waals surface area (Å²) in [4.78, 5) is 33.1. The first-order valence-corrected chi connectivity index (χ1v) is 6.07. The Morgan fingerprint density at radius 2 is 2.05 bits per heavy atom. The molecule has 2 N–H and O–H groups in total. The average molecular weight is 283 g/mol. The smallest absolute Gasteiger partial charge is 0.326 e. The molecule has 1 rings (SSSR count). The minimum atomic E-state index is -1.13. The lowest BCUT2D eigenvalue weighted by Crippen LogP contribution is -2.42. The number of nitrogens with one attached hydrogen (secondary N) is 1. The third-order valence-electron chi connectivity index (χ3n) is 2.83. The Kier molecular flexibility index (Phi) is 4.84. The zero-order chi connectivity index (χ0) is 15.4. The number of nitro groups is 1. The Bertz CT molecular complexity index is 535. The molecular weight excluding hydrogens is 266 g/mol. The van der Waals surface area contributed by atoms with Crippen LogP contribution in [-0.2, 0) is 11.8 Å². The number of hydrogen-bond acceptors (Lipinski definition) is 4. The number of amides is 1. The van der Waals surface area contributed by atoms with Crippen molar-refractivity contribution in [3.05, 3.63) is 27.9 Å². The molecule has 0 saturated carbocycles. The summed E-state index contributed by atoms with van der Waals surface area (Å²) < 4.78 is 1.11. The molecule has 1 amide bonds. The molecule has 0 unspecified atom stereocenters. The van der Waals surface area contributed by atoms with Crippen LogP contribution in [0.3, 0.4) is 0 Å². The van der Waals surface area contributed by atoms with Crippen LogP contribution in [-0.4, -0.2) is 32.5 Å². The quantitative estimate of drug-likeness (QED) is 0.600. The van der Waals surface area contributed by atoms with E-state index in [0.29, 0.717) is 0 Å². The Morgan fingerprint density at radius 1 is 1.45 bits per heavy atom. The molecule has 8 heteroatoms. The summed E-state index contributed by atoms with van der Waals surface area (Å²) >= 11 is 0. The first kappa shape index (κ1) is 15.7. The molecule has 1 aromatic heterocycles. The number of aliphatic carboxylic acids is 1. The van der Waals surface area contributed by atoms with Gasteiger partial charge in [-0.15, -0.1) is 0 Å². The highest BCUT2D eigenvalue weighted by Crippen LogP contribution is 2.15. The molecule has 0 spiro atoms. The second-order valence-electron chi connectivity index (χ2n) is 4.89. The van der Waals surface area contributed by atoms with Gasteiger partial charge >= 0.3 is 11.8 Å². The van der Waals surface area contributed by atoms with Crippen molar-refractivity contribution in [2.75, 3.05) is 0 Å². The average Bonchev–Trinajstić information content (AvgIpc) is 2.69. The number of carboxylic acids is 1. The zero-order valence-electron chi connectivity index (χ0n) is 11.5. The summed E-state index contributed by atoms with van der Waals surface area (Å²) in [6.45, 7) is 3.69. The van der Waals surface area contributed by atoms with Crippen molar-refractivity contribution in [2.24, 2.45) is 13.0 Å². The van der Waals surface area contributed by atoms with Gasteiger partial charge in [-0.25, -0.2) is 9.36 Å². The summed E-state index contributed by atoms with van der Waals surface area (Å²) in [5.41, 5.74) is 0.0479. The number of nitrogens with zero attached hydrogens (tertiary/aromatic N) is 2. The molecule has 0 aromatic carbocycles. The second-order valence-corrected chi connectivity index (χ2v) is 4.89. The lowest BCUT2D eigenvalue weighted by molar-refractivity contribution is -0.391. The first-order chi connectivity index (χ1) is 9.23. The molecule has 1 aromatic rings. The fraction of sp³-hybridized carbons (Fsp3) is 0.500. The molecule has 0 aliphatic rings. The predicted octanol–water partition coefficient (Wildman–Crippen LogP) is 1.16. The SMILES string of the molecule is CC(C)C[C@@H](NC(=O)c1ccc([N+](=O)[O-])n1C)C(=O)O. The molecule has 0 aliphatic carbocycles. The van der Waals surface area contributed by atoms with Crippen molar-refractivity contribution >= 4 is 17.7 Å². The highest BCUT2D eigenvalue weighted by atomic mass is 16.6. The van der Waals surface area contributed by atoms with E-state index in [0.717, 1.165) is 4.57 Å². The van der Waals surface area contributed by atoms with E-state index in [1.807, 2.05) is 13.8 Å². The molecule has 0 aliphatic heterocycles. The van der Waals surface area contributed by atoms with Crippen molar-refractivity contribution in [1.82, 2.24) is 9.88 Å². The molecular formula is C12H17N3O5. The van der Waals surface area contributed by atoms with E-state index in [1.54, 1.807) is 0 Å². The van der Waals surface area contributed by atoms with Crippen LogP contribution in [0.15, 0.2) is 12.1 Å². The van der Waals surface area contributed by atoms with Crippen LogP contribution >= 0.6 is 0 Å². The Labute approximate surface area is 115 Å². The fourth-order valence-corrected chi connectivity index (χ4v) is 1.84. The lowest BCUT2D eigenvalue weighted by Gasteiger charge is -2.15. The topological polar surface area (TPSA) is 114 Å². The minimum Gasteiger partial charge on any atom is -0.480 e. The zero-order valence-corrected chi connectivity index (χ0v) is 11.5. The first-order valence-electron chi connectivity index (χ1n) is 6.07. The van der Waals surface area contributed by atoms with Crippen LogP contribution in [0.4, 0.5) is 5.82 Å². The van der Waals surface area contributed by atoms with Gasteiger partial charge in [0.15, 0.2) is 5.69 Å². The number of carboxylic acid groups (broad SMARTS) is 1. The Hall–Kier alpha value is -2.38. The van der Waals surface area contributed by atoms with E-state index in [4.69, 9.17) is 5.11 Å². The molecule has 0 radical (unpaired) electrons. The second kappa shape index (κ2) is 6.18. The van der Waals surface area contributed by atoms with Gasteiger partial charge in [0.25, 0.3) is 5.91 Å². The highest BCUT2D eigenvalue weighted by molar-refractivity contribution is 5.95. The minimum absolute atomic E-state index is 0.0479. The van der Waals surface area contributed by atoms with Crippen molar-refractivity contribution < 1.29 is 19.6 Å². The molecule has 0 saturated heterocycles. The standard InChI is InChI=1S/C12H17N3O5/c1-7(2)6-8(12(17)18)13-11(16)9-4-5-10(14(9)3)15(19)20/h4-5,7-8H,6H2,1-3H3,(H,13,16)(H,17,18)/t8-/m1/s1. The summed E-state index contributed by atoms with van der Waals surface area (Å²) in [5, 5.41) is 22.1. The van der Waals surface area contributed by atoms with Crippen molar-refractivity contribution in [3.63, 3.8) is 0 Å². The summed E-state index contributed by atoms with van der Waals surface area (Å²) in [6, 6.07) is 1.48. The van der Waals surface area contributed by atoms with E-state index in [-0.39, 0.29) is 23.9 Å². The van der Waals surface area contributed by atoms with Crippen LogP contribution in [0.1, 0.15) is 30.8 Å². The monoisotopic (exact) mass is 283 g/mol. The van der Waals surface area contributed by atoms with Gasteiger partial charge in [-0.3, -0.25) is 4.79 Å². The maximum absolute atomic E-state index is 12.0. The van der Waals surface area contributed by atoms with Gasteiger partial charge in [-0.05, 0) is 23.3 Å². The number of aromatic nitrogens is 1. The van der Waals surface area contributed by atoms with Gasteiger partial charge in [-0.1, -0.05) is 13.8 Å². The van der Waals surface area contributed by atoms with Gasteiger partial charge in [0, 0.05) is 6.07 Å². The van der Waals surface area contributed by atoms with Gasteiger partial charge in [0.1, 0.15) is 6.04 Å². The Morgan fingerprint density at radius 3 is 2.45 bits per heavy atom. The van der Waals surface area contributed by atoms with Crippen molar-refractivity contribution in [3.8, 4) is 0 Å². The highest BCUT2D eigenvalue weighted by Gasteiger charge is 2.26. The molecule has 0 bridgehead atoms. The summed E-state index contributed by atoms with van der Waals surface area (Å²) in [6.07, 6.45) is 0.285. The van der Waals surface area contributed by atoms with E-state index < -0.39 is 22.8 Å². The number of rotatable bonds is 6. The third-order valence-corrected chi connectivity index (χ3v) is 2.83. The van der Waals surface area contributed by atoms with Crippen LogP contribution < -0.4 is 5.32 Å². The van der Waals surface area contributed by atoms with E-state index in [9.17, 15) is 19.7 Å². The maximum Gasteiger partial charge on any atom is 0.326 e. The van der Waals surface area contributed by atoms with Crippen molar-refractivity contribution in [2.45, 2.75) is 26.3 Å². The van der Waals surface area contributed by atoms with E-state index in [1.165, 1.54) is 19.2 Å². The van der Waals surface area contributed by atoms with Crippen LogP contribution in [0.25, 0.3) is 0 Å². The summed E-state index contributed by atoms with van der Waals surface area (Å²) in [7, 11) is 1.38. The van der Waals surface area contributed by atoms with Crippen LogP contribution in [0.5, 0.6) is 0 Å². The molecule has 20 heavy (non-hydrogen) atoms. The molecule has 1 atom stereocenters. The van der Waals surface area contributed by atoms with E-state index >= 15 is 0 Å².